The van der Waals surface area contributed by atoms with E-state index in [1.54, 1.807) is 17.4 Å². The van der Waals surface area contributed by atoms with E-state index in [0.29, 0.717) is 11.0 Å². The molecule has 2 aliphatic rings. The number of piperazine rings is 1. The van der Waals surface area contributed by atoms with Crippen molar-refractivity contribution in [1.82, 2.24) is 9.97 Å². The quantitative estimate of drug-likeness (QED) is 0.554. The average molecular weight is 417 g/mol. The summed E-state index contributed by atoms with van der Waals surface area (Å²) in [5.41, 5.74) is 2.09. The summed E-state index contributed by atoms with van der Waals surface area (Å²) in [7, 11) is 0. The lowest BCUT2D eigenvalue weighted by Crippen LogP contribution is -2.47. The van der Waals surface area contributed by atoms with E-state index in [0.717, 1.165) is 55.6 Å². The number of hydrogen-bond donors (Lipinski definition) is 0. The summed E-state index contributed by atoms with van der Waals surface area (Å²) in [4.78, 5) is 16.0. The Labute approximate surface area is 173 Å². The van der Waals surface area contributed by atoms with Crippen LogP contribution in [0.3, 0.4) is 0 Å². The fraction of sp³-hybridized carbons (Fsp3) is 0.429. The van der Waals surface area contributed by atoms with E-state index >= 15 is 0 Å². The molecular formula is C21H22ClFN4S. The monoisotopic (exact) mass is 416 g/mol. The van der Waals surface area contributed by atoms with Gasteiger partial charge in [-0.15, -0.1) is 11.3 Å². The highest BCUT2D eigenvalue weighted by Gasteiger charge is 2.27. The number of thiophene rings is 1. The van der Waals surface area contributed by atoms with Crippen molar-refractivity contribution in [1.29, 1.82) is 0 Å². The molecule has 5 rings (SSSR count). The lowest BCUT2D eigenvalue weighted by atomic mass is 9.89. The molecule has 0 saturated carbocycles. The first-order valence-electron chi connectivity index (χ1n) is 9.82. The zero-order valence-electron chi connectivity index (χ0n) is 15.8. The largest absolute Gasteiger partial charge is 0.366 e. The van der Waals surface area contributed by atoms with Crippen LogP contribution >= 0.6 is 22.9 Å². The second-order valence-corrected chi connectivity index (χ2v) is 9.20. The van der Waals surface area contributed by atoms with Crippen molar-refractivity contribution in [2.45, 2.75) is 26.2 Å². The van der Waals surface area contributed by atoms with E-state index < -0.39 is 0 Å². The summed E-state index contributed by atoms with van der Waals surface area (Å²) < 4.78 is 14.1. The Morgan fingerprint density at radius 3 is 2.64 bits per heavy atom. The van der Waals surface area contributed by atoms with E-state index in [-0.39, 0.29) is 5.82 Å². The molecule has 1 atom stereocenters. The standard InChI is InChI=1S/C21H22ClFN4S/c1-13-6-7-14-17(12-13)28-20-18(14)19(24-21(22)25-20)27-10-8-26(9-11-27)16-5-3-2-4-15(16)23/h2-5,13H,6-12H2,1H3. The van der Waals surface area contributed by atoms with Crippen molar-refractivity contribution in [3.05, 3.63) is 45.8 Å². The van der Waals surface area contributed by atoms with Gasteiger partial charge in [0.1, 0.15) is 16.5 Å². The molecule has 1 fully saturated rings. The SMILES string of the molecule is CC1CCc2c(sc3nc(Cl)nc(N4CCN(c5ccccc5F)CC4)c23)C1. The van der Waals surface area contributed by atoms with Gasteiger partial charge in [-0.2, -0.15) is 4.98 Å². The van der Waals surface area contributed by atoms with Crippen LogP contribution in [0.4, 0.5) is 15.9 Å². The number of anilines is 2. The molecule has 1 aliphatic heterocycles. The zero-order chi connectivity index (χ0) is 19.3. The molecule has 1 aromatic carbocycles. The van der Waals surface area contributed by atoms with Gasteiger partial charge in [0.15, 0.2) is 0 Å². The van der Waals surface area contributed by atoms with E-state index in [2.05, 4.69) is 26.7 Å². The molecular weight excluding hydrogens is 395 g/mol. The van der Waals surface area contributed by atoms with E-state index in [1.165, 1.54) is 28.3 Å². The Hall–Kier alpha value is -1.92. The number of aryl methyl sites for hydroxylation is 1. The third-order valence-electron chi connectivity index (χ3n) is 5.88. The number of aromatic nitrogens is 2. The minimum atomic E-state index is -0.163. The lowest BCUT2D eigenvalue weighted by molar-refractivity contribution is 0.509. The van der Waals surface area contributed by atoms with Gasteiger partial charge < -0.3 is 9.80 Å². The molecule has 2 aromatic heterocycles. The van der Waals surface area contributed by atoms with Crippen molar-refractivity contribution in [2.24, 2.45) is 5.92 Å². The van der Waals surface area contributed by atoms with Crippen molar-refractivity contribution in [2.75, 3.05) is 36.0 Å². The highest BCUT2D eigenvalue weighted by Crippen LogP contribution is 2.41. The first-order chi connectivity index (χ1) is 13.6. The average Bonchev–Trinajstić information content (AvgIpc) is 3.05. The predicted octanol–water partition coefficient (Wildman–Crippen LogP) is 4.94. The van der Waals surface area contributed by atoms with Gasteiger partial charge >= 0.3 is 0 Å². The number of para-hydroxylation sites is 1. The molecule has 28 heavy (non-hydrogen) atoms. The van der Waals surface area contributed by atoms with Crippen molar-refractivity contribution in [3.63, 3.8) is 0 Å². The van der Waals surface area contributed by atoms with Crippen LogP contribution in [0.25, 0.3) is 10.2 Å². The smallest absolute Gasteiger partial charge is 0.225 e. The summed E-state index contributed by atoms with van der Waals surface area (Å²) in [6, 6.07) is 6.99. The molecule has 3 aromatic rings. The fourth-order valence-electron chi connectivity index (χ4n) is 4.39. The van der Waals surface area contributed by atoms with Crippen LogP contribution in [0.1, 0.15) is 23.8 Å². The summed E-state index contributed by atoms with van der Waals surface area (Å²) >= 11 is 8.05. The van der Waals surface area contributed by atoms with E-state index in [9.17, 15) is 4.39 Å². The minimum absolute atomic E-state index is 0.163. The van der Waals surface area contributed by atoms with Gasteiger partial charge in [-0.25, -0.2) is 9.37 Å². The van der Waals surface area contributed by atoms with Crippen LogP contribution in [0.2, 0.25) is 5.28 Å². The molecule has 0 amide bonds. The molecule has 3 heterocycles. The van der Waals surface area contributed by atoms with Crippen molar-refractivity contribution >= 4 is 44.7 Å². The summed E-state index contributed by atoms with van der Waals surface area (Å²) in [5, 5.41) is 1.50. The van der Waals surface area contributed by atoms with Gasteiger partial charge in [0.25, 0.3) is 0 Å². The zero-order valence-corrected chi connectivity index (χ0v) is 17.4. The second-order valence-electron chi connectivity index (χ2n) is 7.77. The molecule has 4 nitrogen and oxygen atoms in total. The first kappa shape index (κ1) is 18.1. The summed E-state index contributed by atoms with van der Waals surface area (Å²) in [6.45, 7) is 5.41. The van der Waals surface area contributed by atoms with E-state index in [1.807, 2.05) is 12.1 Å². The van der Waals surface area contributed by atoms with Gasteiger partial charge in [0.05, 0.1) is 11.1 Å². The minimum Gasteiger partial charge on any atom is -0.366 e. The fourth-order valence-corrected chi connectivity index (χ4v) is 5.99. The maximum atomic E-state index is 14.1. The number of rotatable bonds is 2. The third kappa shape index (κ3) is 3.12. The predicted molar refractivity (Wildman–Crippen MR) is 114 cm³/mol. The normalized spacial score (nSPS) is 19.9. The Morgan fingerprint density at radius 1 is 1.11 bits per heavy atom. The Balaban J connectivity index is 1.46. The molecule has 0 bridgehead atoms. The number of hydrogen-bond acceptors (Lipinski definition) is 5. The Kier molecular flexibility index (Phi) is 4.63. The molecule has 0 N–H and O–H groups in total. The number of benzene rings is 1. The van der Waals surface area contributed by atoms with Gasteiger partial charge in [0, 0.05) is 31.1 Å². The maximum absolute atomic E-state index is 14.1. The molecule has 1 unspecified atom stereocenters. The number of fused-ring (bicyclic) bond motifs is 3. The van der Waals surface area contributed by atoms with Crippen LogP contribution in [0.15, 0.2) is 24.3 Å². The highest BCUT2D eigenvalue weighted by atomic mass is 35.5. The molecule has 7 heteroatoms. The van der Waals surface area contributed by atoms with Crippen LogP contribution in [0, 0.1) is 11.7 Å². The topological polar surface area (TPSA) is 32.3 Å². The highest BCUT2D eigenvalue weighted by molar-refractivity contribution is 7.19. The van der Waals surface area contributed by atoms with Crippen LogP contribution in [-0.4, -0.2) is 36.1 Å². The molecule has 1 aliphatic carbocycles. The first-order valence-corrected chi connectivity index (χ1v) is 11.0. The number of halogens is 2. The van der Waals surface area contributed by atoms with Crippen LogP contribution < -0.4 is 9.80 Å². The summed E-state index contributed by atoms with van der Waals surface area (Å²) in [5.74, 6) is 1.51. The van der Waals surface area contributed by atoms with Gasteiger partial charge in [0.2, 0.25) is 5.28 Å². The van der Waals surface area contributed by atoms with Gasteiger partial charge in [-0.1, -0.05) is 19.1 Å². The van der Waals surface area contributed by atoms with Gasteiger partial charge in [-0.05, 0) is 54.5 Å². The Morgan fingerprint density at radius 2 is 1.86 bits per heavy atom. The van der Waals surface area contributed by atoms with Crippen LogP contribution in [0.5, 0.6) is 0 Å². The summed E-state index contributed by atoms with van der Waals surface area (Å²) in [6.07, 6.45) is 3.42. The molecule has 146 valence electrons. The maximum Gasteiger partial charge on any atom is 0.225 e. The van der Waals surface area contributed by atoms with E-state index in [4.69, 9.17) is 11.6 Å². The molecule has 1 saturated heterocycles. The molecule has 0 spiro atoms. The third-order valence-corrected chi connectivity index (χ3v) is 7.20. The van der Waals surface area contributed by atoms with Crippen molar-refractivity contribution in [3.8, 4) is 0 Å². The molecule has 0 radical (unpaired) electrons. The second kappa shape index (κ2) is 7.16. The van der Waals surface area contributed by atoms with Crippen LogP contribution in [-0.2, 0) is 12.8 Å². The van der Waals surface area contributed by atoms with Gasteiger partial charge in [-0.3, -0.25) is 0 Å². The van der Waals surface area contributed by atoms with Crippen molar-refractivity contribution < 1.29 is 4.39 Å². The lowest BCUT2D eigenvalue weighted by Gasteiger charge is -2.37. The Bertz CT molecular complexity index is 1030. The number of nitrogens with zero attached hydrogens (tertiary/aromatic N) is 4.